The molecular formula is C14H23N5O3. The van der Waals surface area contributed by atoms with E-state index in [4.69, 9.17) is 5.73 Å². The molecule has 0 spiro atoms. The molecule has 0 aliphatic carbocycles. The van der Waals surface area contributed by atoms with Gasteiger partial charge in [0.15, 0.2) is 11.2 Å². The normalized spacial score (nSPS) is 13.0. The Morgan fingerprint density at radius 2 is 1.91 bits per heavy atom. The van der Waals surface area contributed by atoms with Crippen molar-refractivity contribution in [2.45, 2.75) is 45.4 Å². The van der Waals surface area contributed by atoms with Crippen molar-refractivity contribution in [3.63, 3.8) is 0 Å². The summed E-state index contributed by atoms with van der Waals surface area (Å²) in [7, 11) is 3.32. The van der Waals surface area contributed by atoms with E-state index in [1.165, 1.54) is 9.13 Å². The van der Waals surface area contributed by atoms with Crippen molar-refractivity contribution < 1.29 is 5.11 Å². The van der Waals surface area contributed by atoms with Crippen LogP contribution in [0.15, 0.2) is 9.59 Å². The van der Waals surface area contributed by atoms with E-state index in [0.717, 1.165) is 6.42 Å². The molecule has 0 saturated heterocycles. The highest BCUT2D eigenvalue weighted by atomic mass is 16.3. The highest BCUT2D eigenvalue weighted by molar-refractivity contribution is 5.70. The summed E-state index contributed by atoms with van der Waals surface area (Å²) in [5.41, 5.74) is 5.64. The van der Waals surface area contributed by atoms with Crippen LogP contribution < -0.4 is 17.0 Å². The highest BCUT2D eigenvalue weighted by Gasteiger charge is 2.17. The number of hydrogen-bond donors (Lipinski definition) is 2. The maximum absolute atomic E-state index is 12.6. The van der Waals surface area contributed by atoms with Crippen molar-refractivity contribution in [2.24, 2.45) is 19.8 Å². The molecule has 22 heavy (non-hydrogen) atoms. The van der Waals surface area contributed by atoms with Crippen molar-refractivity contribution in [2.75, 3.05) is 0 Å². The zero-order chi connectivity index (χ0) is 16.4. The lowest BCUT2D eigenvalue weighted by Crippen LogP contribution is -2.39. The van der Waals surface area contributed by atoms with E-state index in [9.17, 15) is 14.7 Å². The second kappa shape index (κ2) is 6.45. The molecule has 0 radical (unpaired) electrons. The third-order valence-electron chi connectivity index (χ3n) is 3.89. The van der Waals surface area contributed by atoms with Crippen LogP contribution in [0.25, 0.3) is 11.2 Å². The quantitative estimate of drug-likeness (QED) is 0.696. The van der Waals surface area contributed by atoms with Crippen LogP contribution in [0.5, 0.6) is 0 Å². The highest BCUT2D eigenvalue weighted by Crippen LogP contribution is 2.09. The van der Waals surface area contributed by atoms with Gasteiger partial charge in [-0.1, -0.05) is 0 Å². The van der Waals surface area contributed by atoms with Crippen LogP contribution >= 0.6 is 0 Å². The van der Waals surface area contributed by atoms with Crippen LogP contribution in [0.4, 0.5) is 0 Å². The van der Waals surface area contributed by atoms with E-state index in [1.54, 1.807) is 25.6 Å². The number of aliphatic hydroxyl groups is 1. The van der Waals surface area contributed by atoms with E-state index < -0.39 is 0 Å². The van der Waals surface area contributed by atoms with Gasteiger partial charge in [-0.15, -0.1) is 0 Å². The number of aryl methyl sites for hydroxylation is 2. The number of aliphatic hydroxyl groups excluding tert-OH is 1. The van der Waals surface area contributed by atoms with Gasteiger partial charge in [-0.25, -0.2) is 9.78 Å². The van der Waals surface area contributed by atoms with Gasteiger partial charge in [-0.3, -0.25) is 13.9 Å². The first kappa shape index (κ1) is 16.4. The van der Waals surface area contributed by atoms with Crippen LogP contribution in [0.3, 0.4) is 0 Å². The summed E-state index contributed by atoms with van der Waals surface area (Å²) in [5.74, 6) is 0.564. The lowest BCUT2D eigenvalue weighted by Gasteiger charge is -2.09. The molecule has 0 unspecified atom stereocenters. The summed E-state index contributed by atoms with van der Waals surface area (Å²) < 4.78 is 4.25. The van der Waals surface area contributed by atoms with E-state index in [2.05, 4.69) is 4.98 Å². The number of nitrogens with zero attached hydrogens (tertiary/aromatic N) is 4. The van der Waals surface area contributed by atoms with E-state index in [0.29, 0.717) is 36.4 Å². The van der Waals surface area contributed by atoms with Crippen LogP contribution in [-0.4, -0.2) is 29.9 Å². The molecular weight excluding hydrogens is 286 g/mol. The fourth-order valence-electron chi connectivity index (χ4n) is 2.58. The number of aromatic nitrogens is 4. The number of rotatable bonds is 6. The molecule has 3 N–H and O–H groups in total. The van der Waals surface area contributed by atoms with Crippen molar-refractivity contribution in [1.29, 1.82) is 0 Å². The molecule has 0 aromatic carbocycles. The zero-order valence-corrected chi connectivity index (χ0v) is 13.2. The lowest BCUT2D eigenvalue weighted by molar-refractivity contribution is 0.180. The van der Waals surface area contributed by atoms with Crippen molar-refractivity contribution >= 4 is 11.2 Å². The predicted octanol–water partition coefficient (Wildman–Crippen LogP) is -0.556. The first-order valence-corrected chi connectivity index (χ1v) is 7.41. The molecule has 8 heteroatoms. The van der Waals surface area contributed by atoms with E-state index in [1.807, 2.05) is 0 Å². The second-order valence-corrected chi connectivity index (χ2v) is 5.61. The second-order valence-electron chi connectivity index (χ2n) is 5.61. The monoisotopic (exact) mass is 309 g/mol. The molecule has 2 rings (SSSR count). The molecule has 122 valence electrons. The van der Waals surface area contributed by atoms with Gasteiger partial charge in [0.1, 0.15) is 5.82 Å². The average molecular weight is 309 g/mol. The first-order chi connectivity index (χ1) is 10.4. The standard InChI is InChI=1S/C14H23N5O3/c1-9(20)6-4-5-7-19-13(21)11-12(18(3)14(19)22)16-10(8-15)17(11)2/h9,20H,4-8,15H2,1-3H3/t9-/m1/s1. The summed E-state index contributed by atoms with van der Waals surface area (Å²) in [6.45, 7) is 2.26. The number of hydrogen-bond acceptors (Lipinski definition) is 5. The van der Waals surface area contributed by atoms with Crippen LogP contribution in [-0.2, 0) is 27.2 Å². The number of fused-ring (bicyclic) bond motifs is 1. The van der Waals surface area contributed by atoms with Gasteiger partial charge in [0.25, 0.3) is 5.56 Å². The minimum atomic E-state index is -0.379. The van der Waals surface area contributed by atoms with Crippen molar-refractivity contribution in [1.82, 2.24) is 18.7 Å². The van der Waals surface area contributed by atoms with E-state index >= 15 is 0 Å². The topological polar surface area (TPSA) is 108 Å². The van der Waals surface area contributed by atoms with Gasteiger partial charge in [-0.2, -0.15) is 0 Å². The Bertz CT molecular complexity index is 784. The zero-order valence-electron chi connectivity index (χ0n) is 13.2. The Hall–Kier alpha value is -1.93. The smallest absolute Gasteiger partial charge is 0.332 e. The molecule has 0 fully saturated rings. The molecule has 1 atom stereocenters. The third-order valence-corrected chi connectivity index (χ3v) is 3.89. The largest absolute Gasteiger partial charge is 0.393 e. The minimum Gasteiger partial charge on any atom is -0.393 e. The number of unbranched alkanes of at least 4 members (excludes halogenated alkanes) is 1. The average Bonchev–Trinajstić information content (AvgIpc) is 2.81. The lowest BCUT2D eigenvalue weighted by atomic mass is 10.2. The molecule has 0 amide bonds. The fourth-order valence-corrected chi connectivity index (χ4v) is 2.58. The van der Waals surface area contributed by atoms with Gasteiger partial charge >= 0.3 is 5.69 Å². The Kier molecular flexibility index (Phi) is 4.82. The van der Waals surface area contributed by atoms with E-state index in [-0.39, 0.29) is 23.9 Å². The third kappa shape index (κ3) is 2.84. The Labute approximate surface area is 127 Å². The van der Waals surface area contributed by atoms with Gasteiger partial charge in [0.2, 0.25) is 0 Å². The van der Waals surface area contributed by atoms with Gasteiger partial charge in [0.05, 0.1) is 12.6 Å². The Morgan fingerprint density at radius 1 is 1.23 bits per heavy atom. The van der Waals surface area contributed by atoms with Crippen molar-refractivity contribution in [3.8, 4) is 0 Å². The molecule has 2 heterocycles. The first-order valence-electron chi connectivity index (χ1n) is 7.41. The summed E-state index contributed by atoms with van der Waals surface area (Å²) in [6, 6.07) is 0. The maximum Gasteiger partial charge on any atom is 0.332 e. The number of nitrogens with two attached hydrogens (primary N) is 1. The molecule has 0 aliphatic rings. The summed E-state index contributed by atoms with van der Waals surface area (Å²) in [5, 5.41) is 9.25. The van der Waals surface area contributed by atoms with Gasteiger partial charge in [0, 0.05) is 20.6 Å². The molecule has 0 bridgehead atoms. The van der Waals surface area contributed by atoms with Crippen molar-refractivity contribution in [3.05, 3.63) is 26.7 Å². The Balaban J connectivity index is 2.45. The molecule has 2 aromatic rings. The predicted molar refractivity (Wildman–Crippen MR) is 83.6 cm³/mol. The molecule has 0 aliphatic heterocycles. The minimum absolute atomic E-state index is 0.202. The summed E-state index contributed by atoms with van der Waals surface area (Å²) in [6.07, 6.45) is 1.70. The van der Waals surface area contributed by atoms with Crippen LogP contribution in [0.1, 0.15) is 32.0 Å². The van der Waals surface area contributed by atoms with Gasteiger partial charge < -0.3 is 15.4 Å². The van der Waals surface area contributed by atoms with Gasteiger partial charge in [-0.05, 0) is 26.2 Å². The fraction of sp³-hybridized carbons (Fsp3) is 0.643. The number of imidazole rings is 1. The molecule has 8 nitrogen and oxygen atoms in total. The summed E-state index contributed by atoms with van der Waals surface area (Å²) in [4.78, 5) is 29.2. The maximum atomic E-state index is 12.6. The SMILES string of the molecule is C[C@@H](O)CCCCn1c(=O)c2c(nc(CN)n2C)n(C)c1=O. The van der Waals surface area contributed by atoms with Crippen LogP contribution in [0, 0.1) is 0 Å². The summed E-state index contributed by atoms with van der Waals surface area (Å²) >= 11 is 0. The van der Waals surface area contributed by atoms with Crippen LogP contribution in [0.2, 0.25) is 0 Å². The Morgan fingerprint density at radius 3 is 2.50 bits per heavy atom. The molecule has 2 aromatic heterocycles. The molecule has 0 saturated carbocycles.